The molecule has 2 aromatic carbocycles. The lowest BCUT2D eigenvalue weighted by Gasteiger charge is -2.26. The summed E-state index contributed by atoms with van der Waals surface area (Å²) in [4.78, 5) is 32.3. The Kier molecular flexibility index (Phi) is 6.60. The molecule has 2 aromatic heterocycles. The van der Waals surface area contributed by atoms with Gasteiger partial charge in [0, 0.05) is 39.3 Å². The van der Waals surface area contributed by atoms with Crippen LogP contribution in [0.4, 0.5) is 5.69 Å². The summed E-state index contributed by atoms with van der Waals surface area (Å²) in [7, 11) is 1.62. The molecular weight excluding hydrogens is 446 g/mol. The number of hydrogen-bond donors (Lipinski definition) is 2. The van der Waals surface area contributed by atoms with Gasteiger partial charge < -0.3 is 15.5 Å². The summed E-state index contributed by atoms with van der Waals surface area (Å²) < 4.78 is 3.15. The number of piperidine rings is 1. The molecule has 0 aliphatic carbocycles. The Morgan fingerprint density at radius 1 is 1.09 bits per heavy atom. The number of anilines is 1. The normalized spacial score (nSPS) is 14.5. The third kappa shape index (κ3) is 4.83. The van der Waals surface area contributed by atoms with Gasteiger partial charge in [-0.15, -0.1) is 0 Å². The maximum Gasteiger partial charge on any atom is 0.251 e. The number of hydrogen-bond acceptors (Lipinski definition) is 5. The minimum Gasteiger partial charge on any atom is -0.355 e. The first-order valence-corrected chi connectivity index (χ1v) is 12.7. The summed E-state index contributed by atoms with van der Waals surface area (Å²) in [6.45, 7) is 3.34. The monoisotopic (exact) mass is 479 g/mol. The molecule has 1 aliphatic rings. The quantitative estimate of drug-likeness (QED) is 0.378. The van der Waals surface area contributed by atoms with E-state index >= 15 is 0 Å². The number of thiazole rings is 1. The van der Waals surface area contributed by atoms with Gasteiger partial charge in [-0.3, -0.25) is 14.0 Å². The number of carbonyl (C=O) groups excluding carboxylic acids is 2. The molecule has 1 fully saturated rings. The lowest BCUT2D eigenvalue weighted by molar-refractivity contribution is -0.116. The van der Waals surface area contributed by atoms with E-state index in [1.54, 1.807) is 30.5 Å². The van der Waals surface area contributed by atoms with Gasteiger partial charge in [0.1, 0.15) is 0 Å². The largest absolute Gasteiger partial charge is 0.355 e. The molecule has 34 heavy (non-hydrogen) atoms. The Hall–Kier alpha value is -3.23. The highest BCUT2D eigenvalue weighted by atomic mass is 32.1. The zero-order chi connectivity index (χ0) is 23.5. The first-order valence-electron chi connectivity index (χ1n) is 11.9. The number of nitrogens with zero attached hydrogens (tertiary/aromatic N) is 3. The molecule has 0 atom stereocenters. The lowest BCUT2D eigenvalue weighted by atomic mass is 10.1. The Bertz CT molecular complexity index is 1330. The summed E-state index contributed by atoms with van der Waals surface area (Å²) in [6.07, 6.45) is 7.35. The summed E-state index contributed by atoms with van der Waals surface area (Å²) in [5.41, 5.74) is 4.33. The number of aromatic nitrogens is 2. The maximum atomic E-state index is 12.4. The van der Waals surface area contributed by atoms with Crippen LogP contribution in [-0.2, 0) is 4.79 Å². The third-order valence-electron chi connectivity index (χ3n) is 6.37. The summed E-state index contributed by atoms with van der Waals surface area (Å²) in [5.74, 6) is -0.0338. The van der Waals surface area contributed by atoms with Gasteiger partial charge in [-0.2, -0.15) is 0 Å². The van der Waals surface area contributed by atoms with E-state index in [9.17, 15) is 9.59 Å². The number of rotatable bonds is 7. The zero-order valence-electron chi connectivity index (χ0n) is 19.3. The standard InChI is InChI=1S/C26H29N5O2S.2H2/c1-27-25(33)19-9-7-18(8-10-19)21-17-31-22-12-11-20(16-23(22)34-26(31)29-21)28-24(32)6-5-15-30-13-3-2-4-14-30;;/h7-12,16-17H,2-6,13-15H2,1H3,(H,27,33)(H,28,32);2*1H. The van der Waals surface area contributed by atoms with Crippen molar-refractivity contribution in [1.29, 1.82) is 0 Å². The van der Waals surface area contributed by atoms with Gasteiger partial charge in [0.05, 0.1) is 15.9 Å². The van der Waals surface area contributed by atoms with Crippen molar-refractivity contribution in [3.63, 3.8) is 0 Å². The Morgan fingerprint density at radius 2 is 1.88 bits per heavy atom. The van der Waals surface area contributed by atoms with Gasteiger partial charge in [0.15, 0.2) is 4.96 Å². The minimum absolute atomic E-state index is 0. The number of imidazole rings is 1. The van der Waals surface area contributed by atoms with Gasteiger partial charge in [-0.1, -0.05) is 29.9 Å². The smallest absolute Gasteiger partial charge is 0.251 e. The predicted octanol–water partition coefficient (Wildman–Crippen LogP) is 5.27. The van der Waals surface area contributed by atoms with Gasteiger partial charge in [0.25, 0.3) is 5.91 Å². The van der Waals surface area contributed by atoms with Gasteiger partial charge in [-0.05, 0) is 69.2 Å². The fourth-order valence-corrected chi connectivity index (χ4v) is 5.57. The van der Waals surface area contributed by atoms with Crippen LogP contribution in [0, 0.1) is 0 Å². The highest BCUT2D eigenvalue weighted by Gasteiger charge is 2.13. The lowest BCUT2D eigenvalue weighted by Crippen LogP contribution is -2.31. The van der Waals surface area contributed by atoms with E-state index < -0.39 is 0 Å². The molecule has 0 unspecified atom stereocenters. The van der Waals surface area contributed by atoms with Crippen molar-refractivity contribution >= 4 is 44.0 Å². The zero-order valence-corrected chi connectivity index (χ0v) is 20.2. The van der Waals surface area contributed by atoms with Crippen LogP contribution >= 0.6 is 11.3 Å². The van der Waals surface area contributed by atoms with Crippen LogP contribution in [0.1, 0.15) is 45.3 Å². The topological polar surface area (TPSA) is 78.7 Å². The van der Waals surface area contributed by atoms with Crippen LogP contribution in [0.2, 0.25) is 0 Å². The molecule has 0 bridgehead atoms. The van der Waals surface area contributed by atoms with Crippen molar-refractivity contribution in [3.05, 3.63) is 54.2 Å². The molecule has 1 saturated heterocycles. The van der Waals surface area contributed by atoms with Crippen molar-refractivity contribution in [2.75, 3.05) is 32.0 Å². The summed E-state index contributed by atoms with van der Waals surface area (Å²) in [6, 6.07) is 13.4. The number of fused-ring (bicyclic) bond motifs is 3. The SMILES string of the molecule is CNC(=O)c1ccc(-c2cn3c(n2)sc2cc(NC(=O)CCCN4CCCCC4)ccc23)cc1.[HH].[HH]. The van der Waals surface area contributed by atoms with Gasteiger partial charge in [0.2, 0.25) is 5.91 Å². The molecule has 2 N–H and O–H groups in total. The van der Waals surface area contributed by atoms with E-state index in [-0.39, 0.29) is 14.7 Å². The van der Waals surface area contributed by atoms with Gasteiger partial charge in [-0.25, -0.2) is 4.98 Å². The number of nitrogens with one attached hydrogen (secondary N) is 2. The van der Waals surface area contributed by atoms with E-state index in [0.29, 0.717) is 12.0 Å². The van der Waals surface area contributed by atoms with Crippen LogP contribution in [0.25, 0.3) is 26.4 Å². The van der Waals surface area contributed by atoms with Crippen LogP contribution in [0.15, 0.2) is 48.7 Å². The first-order chi connectivity index (χ1) is 16.6. The molecule has 1 aliphatic heterocycles. The van der Waals surface area contributed by atoms with E-state index in [2.05, 4.69) is 19.9 Å². The average molecular weight is 480 g/mol. The molecule has 0 saturated carbocycles. The van der Waals surface area contributed by atoms with Crippen molar-refractivity contribution in [3.8, 4) is 11.3 Å². The van der Waals surface area contributed by atoms with Crippen LogP contribution in [-0.4, -0.2) is 52.8 Å². The van der Waals surface area contributed by atoms with E-state index in [1.807, 2.05) is 36.5 Å². The minimum atomic E-state index is -0.103. The maximum absolute atomic E-state index is 12.4. The molecule has 7 nitrogen and oxygen atoms in total. The Morgan fingerprint density at radius 3 is 2.65 bits per heavy atom. The Balaban J connectivity index is 0.00000180. The fourth-order valence-electron chi connectivity index (χ4n) is 4.52. The van der Waals surface area contributed by atoms with Crippen molar-refractivity contribution < 1.29 is 12.4 Å². The molecule has 3 heterocycles. The van der Waals surface area contributed by atoms with E-state index in [0.717, 1.165) is 45.1 Å². The number of likely N-dealkylation sites (tertiary alicyclic amines) is 1. The van der Waals surface area contributed by atoms with Crippen molar-refractivity contribution in [2.24, 2.45) is 0 Å². The molecule has 2 amide bonds. The highest BCUT2D eigenvalue weighted by molar-refractivity contribution is 7.23. The summed E-state index contributed by atoms with van der Waals surface area (Å²) in [5, 5.41) is 5.68. The van der Waals surface area contributed by atoms with Crippen molar-refractivity contribution in [1.82, 2.24) is 19.6 Å². The fraction of sp³-hybridized carbons (Fsp3) is 0.346. The van der Waals surface area contributed by atoms with Crippen LogP contribution in [0.5, 0.6) is 0 Å². The summed E-state index contributed by atoms with van der Waals surface area (Å²) >= 11 is 1.60. The van der Waals surface area contributed by atoms with Crippen molar-refractivity contribution in [2.45, 2.75) is 32.1 Å². The first kappa shape index (κ1) is 22.6. The van der Waals surface area contributed by atoms with Gasteiger partial charge >= 0.3 is 0 Å². The second-order valence-corrected chi connectivity index (χ2v) is 9.78. The third-order valence-corrected chi connectivity index (χ3v) is 7.39. The predicted molar refractivity (Wildman–Crippen MR) is 142 cm³/mol. The molecule has 0 spiro atoms. The second-order valence-electron chi connectivity index (χ2n) is 8.77. The average Bonchev–Trinajstić information content (AvgIpc) is 3.42. The Labute approximate surface area is 205 Å². The number of carbonyl (C=O) groups is 2. The second kappa shape index (κ2) is 9.95. The van der Waals surface area contributed by atoms with E-state index in [1.165, 1.54) is 32.4 Å². The molecule has 8 heteroatoms. The highest BCUT2D eigenvalue weighted by Crippen LogP contribution is 2.31. The number of amides is 2. The van der Waals surface area contributed by atoms with Crippen LogP contribution < -0.4 is 10.6 Å². The van der Waals surface area contributed by atoms with E-state index in [4.69, 9.17) is 4.98 Å². The van der Waals surface area contributed by atoms with Crippen LogP contribution in [0.3, 0.4) is 0 Å². The number of benzene rings is 2. The molecular formula is C26H33N5O2S. The molecule has 4 aromatic rings. The molecule has 0 radical (unpaired) electrons. The molecule has 5 rings (SSSR count). The molecule has 180 valence electrons.